The molecule has 0 saturated heterocycles. The van der Waals surface area contributed by atoms with E-state index in [0.717, 1.165) is 44.9 Å². The third-order valence-corrected chi connectivity index (χ3v) is 12.0. The maximum Gasteiger partial charge on any atom is 0.123 e. The third-order valence-electron chi connectivity index (χ3n) is 12.0. The molecular weight excluding hydrogens is 684 g/mol. The van der Waals surface area contributed by atoms with Gasteiger partial charge in [0.25, 0.3) is 0 Å². The second-order valence-electron chi connectivity index (χ2n) is 15.5. The van der Waals surface area contributed by atoms with Crippen LogP contribution in [0.4, 0.5) is 21.5 Å². The van der Waals surface area contributed by atoms with Gasteiger partial charge in [-0.25, -0.2) is 4.39 Å². The molecule has 1 aromatic heterocycles. The Kier molecular flexibility index (Phi) is 7.11. The van der Waals surface area contributed by atoms with Crippen LogP contribution in [0, 0.1) is 5.82 Å². The Morgan fingerprint density at radius 2 is 1.04 bits per heavy atom. The Morgan fingerprint density at radius 1 is 0.429 bits per heavy atom. The first-order valence-electron chi connectivity index (χ1n) is 19.3. The molecule has 9 aromatic carbocycles. The van der Waals surface area contributed by atoms with Gasteiger partial charge in [-0.2, -0.15) is 0 Å². The van der Waals surface area contributed by atoms with Gasteiger partial charge in [-0.3, -0.25) is 0 Å². The SMILES string of the molecule is CC1(C)c2ccccc2-c2ccc(N(c3ccc(-c4ccccc4)cc3)c3ccc(-c4cc5ccc6cccc7c6c5c(c4)n7-c4ccc(F)cc4)cc3)cc21. The van der Waals surface area contributed by atoms with Crippen LogP contribution < -0.4 is 4.90 Å². The molecule has 2 nitrogen and oxygen atoms in total. The van der Waals surface area contributed by atoms with E-state index in [1.54, 1.807) is 12.1 Å². The Balaban J connectivity index is 1.04. The minimum absolute atomic E-state index is 0.112. The lowest BCUT2D eigenvalue weighted by Crippen LogP contribution is -2.16. The number of hydrogen-bond acceptors (Lipinski definition) is 1. The average Bonchev–Trinajstić information content (AvgIpc) is 3.70. The summed E-state index contributed by atoms with van der Waals surface area (Å²) in [7, 11) is 0. The zero-order valence-corrected chi connectivity index (χ0v) is 31.2. The van der Waals surface area contributed by atoms with Crippen LogP contribution in [0.15, 0.2) is 188 Å². The molecule has 1 aliphatic rings. The summed E-state index contributed by atoms with van der Waals surface area (Å²) in [5, 5.41) is 4.86. The fourth-order valence-electron chi connectivity index (χ4n) is 9.24. The van der Waals surface area contributed by atoms with Crippen molar-refractivity contribution >= 4 is 49.6 Å². The van der Waals surface area contributed by atoms with E-state index in [0.29, 0.717) is 0 Å². The number of nitrogens with zero attached hydrogens (tertiary/aromatic N) is 2. The second-order valence-corrected chi connectivity index (χ2v) is 15.5. The maximum atomic E-state index is 14.1. The maximum absolute atomic E-state index is 14.1. The van der Waals surface area contributed by atoms with Gasteiger partial charge in [-0.05, 0) is 134 Å². The van der Waals surface area contributed by atoms with Crippen molar-refractivity contribution in [3.63, 3.8) is 0 Å². The first-order valence-corrected chi connectivity index (χ1v) is 19.3. The molecule has 0 N–H and O–H groups in total. The van der Waals surface area contributed by atoms with Crippen molar-refractivity contribution in [1.82, 2.24) is 4.57 Å². The molecule has 1 heterocycles. The molecule has 3 heteroatoms. The van der Waals surface area contributed by atoms with Crippen LogP contribution >= 0.6 is 0 Å². The third kappa shape index (κ3) is 4.94. The Labute approximate surface area is 325 Å². The van der Waals surface area contributed by atoms with Crippen LogP contribution in [0.1, 0.15) is 25.0 Å². The second kappa shape index (κ2) is 12.3. The topological polar surface area (TPSA) is 8.17 Å². The first kappa shape index (κ1) is 32.5. The molecule has 56 heavy (non-hydrogen) atoms. The summed E-state index contributed by atoms with van der Waals surface area (Å²) >= 11 is 0. The molecule has 0 aliphatic heterocycles. The van der Waals surface area contributed by atoms with Gasteiger partial charge < -0.3 is 9.47 Å². The lowest BCUT2D eigenvalue weighted by atomic mass is 9.82. The molecule has 0 fully saturated rings. The van der Waals surface area contributed by atoms with Gasteiger partial charge >= 0.3 is 0 Å². The van der Waals surface area contributed by atoms with E-state index < -0.39 is 0 Å². The predicted molar refractivity (Wildman–Crippen MR) is 233 cm³/mol. The summed E-state index contributed by atoms with van der Waals surface area (Å²) < 4.78 is 16.4. The number of halogens is 1. The van der Waals surface area contributed by atoms with Crippen molar-refractivity contribution in [1.29, 1.82) is 0 Å². The lowest BCUT2D eigenvalue weighted by molar-refractivity contribution is 0.627. The highest BCUT2D eigenvalue weighted by Gasteiger charge is 2.35. The Bertz CT molecular complexity index is 3080. The van der Waals surface area contributed by atoms with Gasteiger partial charge in [0.05, 0.1) is 11.0 Å². The van der Waals surface area contributed by atoms with Crippen molar-refractivity contribution in [3.05, 3.63) is 205 Å². The highest BCUT2D eigenvalue weighted by molar-refractivity contribution is 6.25. The van der Waals surface area contributed by atoms with Gasteiger partial charge in [0.2, 0.25) is 0 Å². The van der Waals surface area contributed by atoms with Gasteiger partial charge in [0.1, 0.15) is 5.82 Å². The molecule has 1 aliphatic carbocycles. The normalized spacial score (nSPS) is 13.1. The molecular formula is C53H37FN2. The summed E-state index contributed by atoms with van der Waals surface area (Å²) in [5.74, 6) is -0.238. The Hall–Kier alpha value is -6.97. The summed E-state index contributed by atoms with van der Waals surface area (Å²) in [5.41, 5.74) is 16.4. The first-order chi connectivity index (χ1) is 27.4. The van der Waals surface area contributed by atoms with E-state index >= 15 is 0 Å². The fourth-order valence-corrected chi connectivity index (χ4v) is 9.24. The van der Waals surface area contributed by atoms with Crippen molar-refractivity contribution in [2.24, 2.45) is 0 Å². The molecule has 11 rings (SSSR count). The summed E-state index contributed by atoms with van der Waals surface area (Å²) in [6.07, 6.45) is 0. The van der Waals surface area contributed by atoms with Gasteiger partial charge in [-0.1, -0.05) is 123 Å². The summed E-state index contributed by atoms with van der Waals surface area (Å²) in [4.78, 5) is 2.38. The molecule has 0 bridgehead atoms. The van der Waals surface area contributed by atoms with Crippen LogP contribution in [0.3, 0.4) is 0 Å². The van der Waals surface area contributed by atoms with E-state index in [9.17, 15) is 4.39 Å². The number of hydrogen-bond donors (Lipinski definition) is 0. The smallest absolute Gasteiger partial charge is 0.123 e. The molecule has 0 atom stereocenters. The summed E-state index contributed by atoms with van der Waals surface area (Å²) in [6, 6.07) is 66.5. The van der Waals surface area contributed by atoms with E-state index in [4.69, 9.17) is 0 Å². The van der Waals surface area contributed by atoms with E-state index in [1.807, 2.05) is 12.1 Å². The number of benzene rings is 9. The molecule has 0 amide bonds. The number of rotatable bonds is 6. The van der Waals surface area contributed by atoms with Crippen LogP contribution in [0.5, 0.6) is 0 Å². The largest absolute Gasteiger partial charge is 0.310 e. The van der Waals surface area contributed by atoms with Crippen LogP contribution in [-0.2, 0) is 5.41 Å². The number of fused-ring (bicyclic) bond motifs is 3. The van der Waals surface area contributed by atoms with Crippen molar-refractivity contribution < 1.29 is 4.39 Å². The minimum atomic E-state index is -0.238. The zero-order chi connectivity index (χ0) is 37.5. The van der Waals surface area contributed by atoms with Crippen molar-refractivity contribution in [3.8, 4) is 39.1 Å². The quantitative estimate of drug-likeness (QED) is 0.155. The molecule has 0 radical (unpaired) electrons. The minimum Gasteiger partial charge on any atom is -0.310 e. The molecule has 0 unspecified atom stereocenters. The monoisotopic (exact) mass is 720 g/mol. The molecule has 10 aromatic rings. The standard InChI is InChI=1S/C53H37FN2/c1-53(2)47-13-7-6-12-45(47)46-30-29-44(33-48(46)53)55(41-23-17-35(18-24-41)34-9-4-3-5-10-34)42-25-19-36(20-26-42)39-31-38-16-15-37-11-8-14-49-51(37)52(38)50(32-39)56(49)43-27-21-40(54)22-28-43/h3-33H,1-2H3. The van der Waals surface area contributed by atoms with E-state index in [-0.39, 0.29) is 11.2 Å². The zero-order valence-electron chi connectivity index (χ0n) is 31.2. The van der Waals surface area contributed by atoms with Crippen molar-refractivity contribution in [2.45, 2.75) is 19.3 Å². The molecule has 266 valence electrons. The van der Waals surface area contributed by atoms with Gasteiger partial charge in [-0.15, -0.1) is 0 Å². The van der Waals surface area contributed by atoms with Gasteiger partial charge in [0, 0.05) is 38.9 Å². The summed E-state index contributed by atoms with van der Waals surface area (Å²) in [6.45, 7) is 4.68. The highest BCUT2D eigenvalue weighted by Crippen LogP contribution is 2.51. The number of anilines is 3. The van der Waals surface area contributed by atoms with Crippen molar-refractivity contribution in [2.75, 3.05) is 4.90 Å². The predicted octanol–water partition coefficient (Wildman–Crippen LogP) is 14.6. The lowest BCUT2D eigenvalue weighted by Gasteiger charge is -2.28. The molecule has 0 spiro atoms. The number of aromatic nitrogens is 1. The van der Waals surface area contributed by atoms with Gasteiger partial charge in [0.15, 0.2) is 0 Å². The van der Waals surface area contributed by atoms with E-state index in [1.165, 1.54) is 54.9 Å². The fraction of sp³-hybridized carbons (Fsp3) is 0.0566. The Morgan fingerprint density at radius 3 is 1.79 bits per heavy atom. The van der Waals surface area contributed by atoms with Crippen LogP contribution in [0.2, 0.25) is 0 Å². The highest BCUT2D eigenvalue weighted by atomic mass is 19.1. The van der Waals surface area contributed by atoms with E-state index in [2.05, 4.69) is 187 Å². The average molecular weight is 721 g/mol. The molecule has 0 saturated carbocycles. The van der Waals surface area contributed by atoms with Crippen LogP contribution in [0.25, 0.3) is 71.6 Å². The van der Waals surface area contributed by atoms with Crippen LogP contribution in [-0.4, -0.2) is 4.57 Å².